The molecule has 1 unspecified atom stereocenters. The lowest BCUT2D eigenvalue weighted by Crippen LogP contribution is -2.68. The Hall–Kier alpha value is -2.05. The Kier molecular flexibility index (Phi) is 5.29. The van der Waals surface area contributed by atoms with Gasteiger partial charge in [-0.1, -0.05) is 5.21 Å². The first kappa shape index (κ1) is 21.8. The number of nitrogens with zero attached hydrogens (tertiary/aromatic N) is 3. The molecule has 3 aliphatic rings. The number of fused-ring (bicyclic) bond motifs is 1. The Bertz CT molecular complexity index is 987. The Morgan fingerprint density at radius 2 is 1.84 bits per heavy atom. The van der Waals surface area contributed by atoms with Crippen molar-refractivity contribution < 1.29 is 37.2 Å². The summed E-state index contributed by atoms with van der Waals surface area (Å²) in [6.07, 6.45) is 1.23. The molecule has 5 atom stereocenters. The van der Waals surface area contributed by atoms with Crippen LogP contribution in [0, 0.1) is 17.5 Å². The minimum absolute atomic E-state index is 0.0163. The Morgan fingerprint density at radius 3 is 2.53 bits per heavy atom. The van der Waals surface area contributed by atoms with Crippen LogP contribution in [0.3, 0.4) is 0 Å². The summed E-state index contributed by atoms with van der Waals surface area (Å²) in [6, 6.07) is 0.914. The fourth-order valence-corrected chi connectivity index (χ4v) is 4.64. The molecule has 0 radical (unpaired) electrons. The van der Waals surface area contributed by atoms with Crippen LogP contribution >= 0.6 is 0 Å². The van der Waals surface area contributed by atoms with Gasteiger partial charge in [-0.05, 0) is 38.8 Å². The summed E-state index contributed by atoms with van der Waals surface area (Å²) in [5.41, 5.74) is 0.130. The van der Waals surface area contributed by atoms with Gasteiger partial charge in [0, 0.05) is 12.0 Å². The van der Waals surface area contributed by atoms with E-state index < -0.39 is 53.4 Å². The summed E-state index contributed by atoms with van der Waals surface area (Å²) in [6.45, 7) is 4.17. The van der Waals surface area contributed by atoms with Crippen LogP contribution in [-0.2, 0) is 18.9 Å². The molecular weight excluding hydrogens is 431 g/mol. The van der Waals surface area contributed by atoms with Gasteiger partial charge >= 0.3 is 0 Å². The number of aliphatic hydroxyl groups excluding tert-OH is 1. The molecule has 32 heavy (non-hydrogen) atoms. The van der Waals surface area contributed by atoms with Gasteiger partial charge in [0.1, 0.15) is 30.0 Å². The van der Waals surface area contributed by atoms with Crippen LogP contribution in [0.4, 0.5) is 13.2 Å². The van der Waals surface area contributed by atoms with Crippen LogP contribution in [0.2, 0.25) is 0 Å². The van der Waals surface area contributed by atoms with E-state index in [0.717, 1.165) is 25.0 Å². The van der Waals surface area contributed by atoms with E-state index >= 15 is 0 Å². The topological polar surface area (TPSA) is 87.9 Å². The Labute approximate surface area is 182 Å². The molecule has 3 fully saturated rings. The second-order valence-corrected chi connectivity index (χ2v) is 8.84. The molecule has 0 bridgehead atoms. The zero-order chi connectivity index (χ0) is 22.7. The second-order valence-electron chi connectivity index (χ2n) is 8.84. The summed E-state index contributed by atoms with van der Waals surface area (Å²) in [7, 11) is 0. The third-order valence-corrected chi connectivity index (χ3v) is 6.20. The van der Waals surface area contributed by atoms with Crippen molar-refractivity contribution in [1.29, 1.82) is 0 Å². The molecule has 1 N–H and O–H groups in total. The number of aliphatic hydroxyl groups is 1. The third kappa shape index (κ3) is 3.61. The van der Waals surface area contributed by atoms with Gasteiger partial charge in [-0.2, -0.15) is 0 Å². The molecule has 5 rings (SSSR count). The standard InChI is InChI=1S/C21H24F3N3O5/c1-20(2)30-10-15-18(32-20)17(19(28)21(31-15)5-3-4-6-29-21)27-9-14(25-26-27)11-7-12(22)16(24)13(23)8-11/h7-9,15,17-19,28H,3-6,10H2,1-2H3/t15-,17+,18+,19?,21+/m1/s1. The van der Waals surface area contributed by atoms with Crippen molar-refractivity contribution in [2.75, 3.05) is 13.2 Å². The van der Waals surface area contributed by atoms with Crippen LogP contribution in [0.5, 0.6) is 0 Å². The lowest BCUT2D eigenvalue weighted by molar-refractivity contribution is -0.413. The van der Waals surface area contributed by atoms with Gasteiger partial charge in [0.25, 0.3) is 0 Å². The number of ether oxygens (including phenoxy) is 4. The van der Waals surface area contributed by atoms with Crippen LogP contribution in [-0.4, -0.2) is 63.2 Å². The second kappa shape index (κ2) is 7.77. The summed E-state index contributed by atoms with van der Waals surface area (Å²) in [5, 5.41) is 19.5. The van der Waals surface area contributed by atoms with Crippen molar-refractivity contribution in [1.82, 2.24) is 15.0 Å². The Balaban J connectivity index is 1.53. The molecule has 174 valence electrons. The van der Waals surface area contributed by atoms with E-state index in [1.807, 2.05) is 0 Å². The average molecular weight is 455 g/mol. The third-order valence-electron chi connectivity index (χ3n) is 6.20. The molecule has 4 heterocycles. The SMILES string of the molecule is CC1(C)OC[C@H]2O[C@@]3(CCCCO3)C(O)[C@@H](n3cc(-c4cc(F)c(F)c(F)c4)nn3)[C@H]2O1. The van der Waals surface area contributed by atoms with Crippen LogP contribution < -0.4 is 0 Å². The number of halogens is 3. The van der Waals surface area contributed by atoms with Gasteiger partial charge in [0.2, 0.25) is 0 Å². The van der Waals surface area contributed by atoms with Crippen LogP contribution in [0.1, 0.15) is 39.2 Å². The first-order chi connectivity index (χ1) is 15.2. The van der Waals surface area contributed by atoms with Crippen molar-refractivity contribution in [3.05, 3.63) is 35.8 Å². The Morgan fingerprint density at radius 1 is 1.09 bits per heavy atom. The lowest BCUT2D eigenvalue weighted by Gasteiger charge is -2.55. The smallest absolute Gasteiger partial charge is 0.197 e. The number of hydrogen-bond acceptors (Lipinski definition) is 7. The molecule has 1 spiro atoms. The monoisotopic (exact) mass is 455 g/mol. The van der Waals surface area contributed by atoms with E-state index in [9.17, 15) is 18.3 Å². The van der Waals surface area contributed by atoms with Gasteiger partial charge in [0.05, 0.1) is 19.4 Å². The molecule has 2 aromatic rings. The van der Waals surface area contributed by atoms with Crippen molar-refractivity contribution in [2.24, 2.45) is 0 Å². The fourth-order valence-electron chi connectivity index (χ4n) is 4.64. The van der Waals surface area contributed by atoms with Gasteiger partial charge in [-0.25, -0.2) is 17.9 Å². The highest BCUT2D eigenvalue weighted by molar-refractivity contribution is 5.57. The van der Waals surface area contributed by atoms with Crippen molar-refractivity contribution in [3.63, 3.8) is 0 Å². The van der Waals surface area contributed by atoms with Gasteiger partial charge in [-0.3, -0.25) is 0 Å². The zero-order valence-corrected chi connectivity index (χ0v) is 17.6. The van der Waals surface area contributed by atoms with Crippen molar-refractivity contribution >= 4 is 0 Å². The summed E-state index contributed by atoms with van der Waals surface area (Å²) in [4.78, 5) is 0. The number of hydrogen-bond donors (Lipinski definition) is 1. The highest BCUT2D eigenvalue weighted by Crippen LogP contribution is 2.46. The van der Waals surface area contributed by atoms with Crippen LogP contribution in [0.15, 0.2) is 18.3 Å². The maximum Gasteiger partial charge on any atom is 0.197 e. The molecule has 0 amide bonds. The highest BCUT2D eigenvalue weighted by Gasteiger charge is 2.59. The van der Waals surface area contributed by atoms with E-state index in [1.165, 1.54) is 10.9 Å². The van der Waals surface area contributed by atoms with Crippen molar-refractivity contribution in [2.45, 2.75) is 69.0 Å². The molecule has 0 aliphatic carbocycles. The summed E-state index contributed by atoms with van der Waals surface area (Å²) < 4.78 is 66.1. The molecule has 3 saturated heterocycles. The highest BCUT2D eigenvalue weighted by atomic mass is 19.2. The van der Waals surface area contributed by atoms with E-state index in [-0.39, 0.29) is 17.9 Å². The van der Waals surface area contributed by atoms with E-state index in [0.29, 0.717) is 13.0 Å². The van der Waals surface area contributed by atoms with Crippen LogP contribution in [0.25, 0.3) is 11.3 Å². The number of aromatic nitrogens is 3. The first-order valence-electron chi connectivity index (χ1n) is 10.6. The molecule has 11 heteroatoms. The minimum Gasteiger partial charge on any atom is -0.385 e. The number of benzene rings is 1. The molecule has 1 aromatic heterocycles. The first-order valence-corrected chi connectivity index (χ1v) is 10.6. The van der Waals surface area contributed by atoms with Gasteiger partial charge in [0.15, 0.2) is 29.0 Å². The molecule has 1 aromatic carbocycles. The molecule has 3 aliphatic heterocycles. The molecule has 8 nitrogen and oxygen atoms in total. The maximum atomic E-state index is 13.7. The molecular formula is C21H24F3N3O5. The normalized spacial score (nSPS) is 34.4. The summed E-state index contributed by atoms with van der Waals surface area (Å²) in [5.74, 6) is -6.39. The van der Waals surface area contributed by atoms with Crippen molar-refractivity contribution in [3.8, 4) is 11.3 Å². The van der Waals surface area contributed by atoms with E-state index in [4.69, 9.17) is 18.9 Å². The average Bonchev–Trinajstić information content (AvgIpc) is 3.23. The quantitative estimate of drug-likeness (QED) is 0.697. The van der Waals surface area contributed by atoms with E-state index in [2.05, 4.69) is 10.3 Å². The fraction of sp³-hybridized carbons (Fsp3) is 0.619. The molecule has 0 saturated carbocycles. The maximum absolute atomic E-state index is 13.7. The largest absolute Gasteiger partial charge is 0.385 e. The number of rotatable bonds is 2. The van der Waals surface area contributed by atoms with Gasteiger partial charge in [-0.15, -0.1) is 5.10 Å². The minimum atomic E-state index is -1.56. The van der Waals surface area contributed by atoms with Gasteiger partial charge < -0.3 is 24.1 Å². The predicted molar refractivity (Wildman–Crippen MR) is 103 cm³/mol. The van der Waals surface area contributed by atoms with E-state index in [1.54, 1.807) is 13.8 Å². The zero-order valence-electron chi connectivity index (χ0n) is 17.6. The lowest BCUT2D eigenvalue weighted by atomic mass is 9.85. The predicted octanol–water partition coefficient (Wildman–Crippen LogP) is 2.71. The summed E-state index contributed by atoms with van der Waals surface area (Å²) >= 11 is 0.